The molecule has 0 spiro atoms. The second kappa shape index (κ2) is 6.53. The van der Waals surface area contributed by atoms with E-state index >= 15 is 0 Å². The lowest BCUT2D eigenvalue weighted by molar-refractivity contribution is 0.0940. The number of hydrogen-bond acceptors (Lipinski definition) is 3. The maximum Gasteiger partial charge on any atom is 0.141 e. The molecule has 0 amide bonds. The first-order valence-electron chi connectivity index (χ1n) is 8.15. The molecule has 1 aromatic carbocycles. The van der Waals surface area contributed by atoms with Crippen LogP contribution in [-0.4, -0.2) is 27.5 Å². The van der Waals surface area contributed by atoms with E-state index < -0.39 is 0 Å². The van der Waals surface area contributed by atoms with Crippen LogP contribution in [0, 0.1) is 5.82 Å². The van der Waals surface area contributed by atoms with Gasteiger partial charge in [-0.3, -0.25) is 9.67 Å². The van der Waals surface area contributed by atoms with Crippen LogP contribution in [0.1, 0.15) is 12.8 Å². The van der Waals surface area contributed by atoms with Crippen molar-refractivity contribution in [2.75, 3.05) is 6.61 Å². The Bertz CT molecular complexity index is 823. The summed E-state index contributed by atoms with van der Waals surface area (Å²) in [6.45, 7) is 1.64. The molecule has 1 fully saturated rings. The topological polar surface area (TPSA) is 39.9 Å². The van der Waals surface area contributed by atoms with Crippen LogP contribution in [0.5, 0.6) is 0 Å². The molecule has 122 valence electrons. The van der Waals surface area contributed by atoms with Crippen LogP contribution >= 0.6 is 0 Å². The van der Waals surface area contributed by atoms with Gasteiger partial charge in [0.1, 0.15) is 5.82 Å². The zero-order valence-electron chi connectivity index (χ0n) is 13.2. The summed E-state index contributed by atoms with van der Waals surface area (Å²) < 4.78 is 20.6. The summed E-state index contributed by atoms with van der Waals surface area (Å²) in [6.07, 6.45) is 5.72. The van der Waals surface area contributed by atoms with Crippen LogP contribution in [0.3, 0.4) is 0 Å². The van der Waals surface area contributed by atoms with Gasteiger partial charge in [-0.2, -0.15) is 5.10 Å². The number of ether oxygens (including phenoxy) is 1. The highest BCUT2D eigenvalue weighted by Crippen LogP contribution is 2.24. The van der Waals surface area contributed by atoms with Gasteiger partial charge >= 0.3 is 0 Å². The van der Waals surface area contributed by atoms with E-state index in [1.54, 1.807) is 6.07 Å². The molecule has 0 bridgehead atoms. The van der Waals surface area contributed by atoms with Gasteiger partial charge in [-0.15, -0.1) is 0 Å². The molecule has 0 saturated carbocycles. The number of halogens is 1. The summed E-state index contributed by atoms with van der Waals surface area (Å²) in [4.78, 5) is 4.14. The lowest BCUT2D eigenvalue weighted by Gasteiger charge is -2.08. The number of aromatic nitrogens is 3. The van der Waals surface area contributed by atoms with Crippen LogP contribution in [0.15, 0.2) is 54.9 Å². The highest BCUT2D eigenvalue weighted by atomic mass is 19.1. The molecule has 0 radical (unpaired) electrons. The minimum Gasteiger partial charge on any atom is -0.376 e. The molecule has 4 nitrogen and oxygen atoms in total. The van der Waals surface area contributed by atoms with Crippen LogP contribution in [0.4, 0.5) is 4.39 Å². The Morgan fingerprint density at radius 2 is 2.00 bits per heavy atom. The van der Waals surface area contributed by atoms with Gasteiger partial charge in [-0.1, -0.05) is 18.2 Å². The van der Waals surface area contributed by atoms with Crippen LogP contribution < -0.4 is 0 Å². The Kier molecular flexibility index (Phi) is 4.09. The molecule has 0 N–H and O–H groups in total. The number of nitrogens with zero attached hydrogens (tertiary/aromatic N) is 3. The van der Waals surface area contributed by atoms with Gasteiger partial charge in [-0.05, 0) is 37.1 Å². The molecule has 5 heteroatoms. The smallest absolute Gasteiger partial charge is 0.141 e. The molecule has 3 aromatic rings. The lowest BCUT2D eigenvalue weighted by atomic mass is 10.1. The van der Waals surface area contributed by atoms with E-state index in [2.05, 4.69) is 10.1 Å². The van der Waals surface area contributed by atoms with E-state index in [0.29, 0.717) is 0 Å². The molecule has 0 unspecified atom stereocenters. The molecule has 24 heavy (non-hydrogen) atoms. The minimum atomic E-state index is -0.331. The van der Waals surface area contributed by atoms with Crippen molar-refractivity contribution in [2.24, 2.45) is 0 Å². The molecule has 1 aliphatic rings. The molecular weight excluding hydrogens is 305 g/mol. The first-order chi connectivity index (χ1) is 11.8. The average Bonchev–Trinajstić information content (AvgIpc) is 3.28. The van der Waals surface area contributed by atoms with Gasteiger partial charge < -0.3 is 4.74 Å². The lowest BCUT2D eigenvalue weighted by Crippen LogP contribution is -2.15. The van der Waals surface area contributed by atoms with Crippen LogP contribution in [0.2, 0.25) is 0 Å². The average molecular weight is 323 g/mol. The van der Waals surface area contributed by atoms with Gasteiger partial charge in [0, 0.05) is 23.9 Å². The standard InChI is InChI=1S/C19H18FN3O/c20-16-6-7-18(21-12-16)14-3-1-4-15(11-14)19-8-9-23(22-19)13-17-5-2-10-24-17/h1,3-4,6-9,11-12,17H,2,5,10,13H2/t17-/m1/s1. The summed E-state index contributed by atoms with van der Waals surface area (Å²) in [6, 6.07) is 13.1. The fourth-order valence-corrected chi connectivity index (χ4v) is 3.00. The molecule has 1 saturated heterocycles. The van der Waals surface area contributed by atoms with E-state index in [9.17, 15) is 4.39 Å². The molecule has 1 aliphatic heterocycles. The van der Waals surface area contributed by atoms with Gasteiger partial charge in [-0.25, -0.2) is 4.39 Å². The van der Waals surface area contributed by atoms with E-state index in [-0.39, 0.29) is 11.9 Å². The summed E-state index contributed by atoms with van der Waals surface area (Å²) in [5.74, 6) is -0.331. The monoisotopic (exact) mass is 323 g/mol. The minimum absolute atomic E-state index is 0.271. The predicted molar refractivity (Wildman–Crippen MR) is 89.8 cm³/mol. The largest absolute Gasteiger partial charge is 0.376 e. The molecule has 3 heterocycles. The van der Waals surface area contributed by atoms with Crippen molar-refractivity contribution >= 4 is 0 Å². The highest BCUT2D eigenvalue weighted by molar-refractivity contribution is 5.69. The Hall–Kier alpha value is -2.53. The Morgan fingerprint density at radius 1 is 1.12 bits per heavy atom. The van der Waals surface area contributed by atoms with Crippen molar-refractivity contribution < 1.29 is 9.13 Å². The SMILES string of the molecule is Fc1ccc(-c2cccc(-c3ccn(C[C@H]4CCCO4)n3)c2)nc1. The number of hydrogen-bond donors (Lipinski definition) is 0. The Morgan fingerprint density at radius 3 is 2.75 bits per heavy atom. The predicted octanol–water partition coefficient (Wildman–Crippen LogP) is 3.93. The van der Waals surface area contributed by atoms with E-state index in [1.165, 1.54) is 12.3 Å². The maximum atomic E-state index is 13.0. The van der Waals surface area contributed by atoms with Crippen LogP contribution in [0.25, 0.3) is 22.5 Å². The molecule has 1 atom stereocenters. The number of pyridine rings is 1. The highest BCUT2D eigenvalue weighted by Gasteiger charge is 2.16. The van der Waals surface area contributed by atoms with E-state index in [1.807, 2.05) is 41.2 Å². The fraction of sp³-hybridized carbons (Fsp3) is 0.263. The fourth-order valence-electron chi connectivity index (χ4n) is 3.00. The molecule has 4 rings (SSSR count). The van der Waals surface area contributed by atoms with Crippen molar-refractivity contribution in [3.63, 3.8) is 0 Å². The van der Waals surface area contributed by atoms with E-state index in [0.717, 1.165) is 48.5 Å². The van der Waals surface area contributed by atoms with Gasteiger partial charge in [0.2, 0.25) is 0 Å². The Balaban J connectivity index is 1.57. The van der Waals surface area contributed by atoms with E-state index in [4.69, 9.17) is 4.74 Å². The molecular formula is C19H18FN3O. The first-order valence-corrected chi connectivity index (χ1v) is 8.15. The van der Waals surface area contributed by atoms with Gasteiger partial charge in [0.15, 0.2) is 0 Å². The first kappa shape index (κ1) is 15.0. The van der Waals surface area contributed by atoms with Crippen LogP contribution in [-0.2, 0) is 11.3 Å². The quantitative estimate of drug-likeness (QED) is 0.730. The van der Waals surface area contributed by atoms with Gasteiger partial charge in [0.05, 0.1) is 30.2 Å². The summed E-state index contributed by atoms with van der Waals surface area (Å²) in [5, 5.41) is 4.65. The summed E-state index contributed by atoms with van der Waals surface area (Å²) >= 11 is 0. The van der Waals surface area contributed by atoms with Crippen molar-refractivity contribution in [3.05, 3.63) is 60.7 Å². The third kappa shape index (κ3) is 3.21. The normalized spacial score (nSPS) is 17.3. The molecule has 0 aliphatic carbocycles. The summed E-state index contributed by atoms with van der Waals surface area (Å²) in [5.41, 5.74) is 3.62. The molecule has 2 aromatic heterocycles. The Labute approximate surface area is 139 Å². The summed E-state index contributed by atoms with van der Waals surface area (Å²) in [7, 11) is 0. The zero-order chi connectivity index (χ0) is 16.4. The van der Waals surface area contributed by atoms with Crippen molar-refractivity contribution in [3.8, 4) is 22.5 Å². The maximum absolute atomic E-state index is 13.0. The van der Waals surface area contributed by atoms with Gasteiger partial charge in [0.25, 0.3) is 0 Å². The number of benzene rings is 1. The second-order valence-electron chi connectivity index (χ2n) is 6.00. The zero-order valence-corrected chi connectivity index (χ0v) is 13.2. The number of rotatable bonds is 4. The third-order valence-electron chi connectivity index (χ3n) is 4.24. The second-order valence-corrected chi connectivity index (χ2v) is 6.00. The van der Waals surface area contributed by atoms with Crippen molar-refractivity contribution in [1.82, 2.24) is 14.8 Å². The van der Waals surface area contributed by atoms with Crippen molar-refractivity contribution in [2.45, 2.75) is 25.5 Å². The van der Waals surface area contributed by atoms with Crippen molar-refractivity contribution in [1.29, 1.82) is 0 Å². The third-order valence-corrected chi connectivity index (χ3v) is 4.24.